The smallest absolute Gasteiger partial charge is 0.246 e. The number of ether oxygens (including phenoxy) is 1. The number of hydrogen-bond donors (Lipinski definition) is 2. The van der Waals surface area contributed by atoms with Crippen molar-refractivity contribution in [2.45, 2.75) is 25.8 Å². The van der Waals surface area contributed by atoms with Crippen LogP contribution in [0.3, 0.4) is 0 Å². The molecule has 0 aliphatic carbocycles. The van der Waals surface area contributed by atoms with Gasteiger partial charge in [0.05, 0.1) is 11.4 Å². The molecular formula is C13H17FN2O2. The van der Waals surface area contributed by atoms with Crippen LogP contribution in [0.5, 0.6) is 0 Å². The summed E-state index contributed by atoms with van der Waals surface area (Å²) in [4.78, 5) is 11.8. The van der Waals surface area contributed by atoms with Crippen molar-refractivity contribution in [3.8, 4) is 0 Å². The zero-order valence-electron chi connectivity index (χ0n) is 10.5. The maximum atomic E-state index is 13.4. The number of benzene rings is 1. The number of halogens is 1. The lowest BCUT2D eigenvalue weighted by atomic mass is 10.1. The van der Waals surface area contributed by atoms with E-state index in [1.54, 1.807) is 20.1 Å². The summed E-state index contributed by atoms with van der Waals surface area (Å²) in [5.41, 5.74) is 1.84. The number of methoxy groups -OCH3 is 1. The Kier molecular flexibility index (Phi) is 3.81. The van der Waals surface area contributed by atoms with Crippen molar-refractivity contribution < 1.29 is 13.9 Å². The van der Waals surface area contributed by atoms with Crippen molar-refractivity contribution >= 4 is 17.3 Å². The van der Waals surface area contributed by atoms with Gasteiger partial charge in [-0.3, -0.25) is 4.79 Å². The zero-order chi connectivity index (χ0) is 13.1. The minimum Gasteiger partial charge on any atom is -0.385 e. The Bertz CT molecular complexity index is 463. The first-order valence-electron chi connectivity index (χ1n) is 5.98. The van der Waals surface area contributed by atoms with Gasteiger partial charge in [0.25, 0.3) is 0 Å². The maximum absolute atomic E-state index is 13.4. The fourth-order valence-corrected chi connectivity index (χ4v) is 2.01. The van der Waals surface area contributed by atoms with Gasteiger partial charge in [0, 0.05) is 13.7 Å². The molecule has 0 aromatic heterocycles. The van der Waals surface area contributed by atoms with E-state index < -0.39 is 0 Å². The van der Waals surface area contributed by atoms with Crippen LogP contribution in [0.25, 0.3) is 0 Å². The molecule has 0 saturated heterocycles. The summed E-state index contributed by atoms with van der Waals surface area (Å²) >= 11 is 0. The summed E-state index contributed by atoms with van der Waals surface area (Å²) in [5.74, 6) is -0.435. The highest BCUT2D eigenvalue weighted by Gasteiger charge is 2.25. The molecule has 0 spiro atoms. The molecule has 0 saturated carbocycles. The van der Waals surface area contributed by atoms with E-state index in [1.807, 2.05) is 0 Å². The molecule has 1 unspecified atom stereocenters. The van der Waals surface area contributed by atoms with Gasteiger partial charge < -0.3 is 15.4 Å². The molecule has 1 amide bonds. The summed E-state index contributed by atoms with van der Waals surface area (Å²) in [7, 11) is 1.63. The number of carbonyl (C=O) groups excluding carboxylic acids is 1. The van der Waals surface area contributed by atoms with Gasteiger partial charge in [-0.1, -0.05) is 0 Å². The molecule has 1 aliphatic rings. The Morgan fingerprint density at radius 2 is 2.17 bits per heavy atom. The highest BCUT2D eigenvalue weighted by molar-refractivity contribution is 6.03. The fourth-order valence-electron chi connectivity index (χ4n) is 2.01. The lowest BCUT2D eigenvalue weighted by molar-refractivity contribution is -0.117. The number of aryl methyl sites for hydroxylation is 1. The third-order valence-electron chi connectivity index (χ3n) is 3.04. The minimum absolute atomic E-state index is 0.123. The second kappa shape index (κ2) is 5.35. The first-order valence-corrected chi connectivity index (χ1v) is 5.98. The molecular weight excluding hydrogens is 235 g/mol. The quantitative estimate of drug-likeness (QED) is 0.808. The molecule has 1 aromatic carbocycles. The average Bonchev–Trinajstić information content (AvgIpc) is 2.33. The van der Waals surface area contributed by atoms with Crippen LogP contribution >= 0.6 is 0 Å². The van der Waals surface area contributed by atoms with Crippen LogP contribution in [0.4, 0.5) is 15.8 Å². The predicted octanol–water partition coefficient (Wildman–Crippen LogP) is 2.29. The molecule has 2 rings (SSSR count). The first-order chi connectivity index (χ1) is 8.61. The summed E-state index contributed by atoms with van der Waals surface area (Å²) < 4.78 is 18.3. The van der Waals surface area contributed by atoms with E-state index in [0.717, 1.165) is 12.1 Å². The lowest BCUT2D eigenvalue weighted by Crippen LogP contribution is -2.39. The molecule has 5 heteroatoms. The van der Waals surface area contributed by atoms with Gasteiger partial charge in [0.1, 0.15) is 11.9 Å². The topological polar surface area (TPSA) is 50.4 Å². The zero-order valence-corrected chi connectivity index (χ0v) is 10.5. The Balaban J connectivity index is 2.12. The summed E-state index contributed by atoms with van der Waals surface area (Å²) in [6.07, 6.45) is 1.49. The van der Waals surface area contributed by atoms with E-state index in [9.17, 15) is 9.18 Å². The van der Waals surface area contributed by atoms with Gasteiger partial charge in [-0.15, -0.1) is 0 Å². The van der Waals surface area contributed by atoms with E-state index in [2.05, 4.69) is 10.6 Å². The van der Waals surface area contributed by atoms with Crippen LogP contribution in [0, 0.1) is 12.7 Å². The van der Waals surface area contributed by atoms with Crippen molar-refractivity contribution in [1.29, 1.82) is 0 Å². The first kappa shape index (κ1) is 12.8. The molecule has 1 heterocycles. The Labute approximate surface area is 106 Å². The molecule has 0 radical (unpaired) electrons. The largest absolute Gasteiger partial charge is 0.385 e. The number of carbonyl (C=O) groups is 1. The SMILES string of the molecule is COCCCC1Nc2cc(C)c(F)cc2NC1=O. The summed E-state index contributed by atoms with van der Waals surface area (Å²) in [6, 6.07) is 2.78. The number of fused-ring (bicyclic) bond motifs is 1. The highest BCUT2D eigenvalue weighted by Crippen LogP contribution is 2.30. The Morgan fingerprint density at radius 3 is 2.89 bits per heavy atom. The van der Waals surface area contributed by atoms with Crippen LogP contribution in [0.2, 0.25) is 0 Å². The fraction of sp³-hybridized carbons (Fsp3) is 0.462. The van der Waals surface area contributed by atoms with Crippen molar-refractivity contribution in [3.63, 3.8) is 0 Å². The third-order valence-corrected chi connectivity index (χ3v) is 3.04. The van der Waals surface area contributed by atoms with E-state index in [0.29, 0.717) is 24.3 Å². The number of nitrogens with one attached hydrogen (secondary N) is 2. The lowest BCUT2D eigenvalue weighted by Gasteiger charge is -2.27. The molecule has 98 valence electrons. The third kappa shape index (κ3) is 2.61. The number of rotatable bonds is 4. The second-order valence-corrected chi connectivity index (χ2v) is 4.47. The molecule has 0 fully saturated rings. The van der Waals surface area contributed by atoms with Crippen LogP contribution in [0.15, 0.2) is 12.1 Å². The van der Waals surface area contributed by atoms with Gasteiger partial charge >= 0.3 is 0 Å². The molecule has 2 N–H and O–H groups in total. The van der Waals surface area contributed by atoms with Crippen LogP contribution in [0.1, 0.15) is 18.4 Å². The number of hydrogen-bond acceptors (Lipinski definition) is 3. The van der Waals surface area contributed by atoms with E-state index >= 15 is 0 Å². The molecule has 1 atom stereocenters. The molecule has 4 nitrogen and oxygen atoms in total. The minimum atomic E-state index is -0.311. The summed E-state index contributed by atoms with van der Waals surface area (Å²) in [5, 5.41) is 5.86. The summed E-state index contributed by atoms with van der Waals surface area (Å²) in [6.45, 7) is 2.33. The van der Waals surface area contributed by atoms with Crippen LogP contribution in [-0.4, -0.2) is 25.7 Å². The average molecular weight is 252 g/mol. The Morgan fingerprint density at radius 1 is 1.39 bits per heavy atom. The highest BCUT2D eigenvalue weighted by atomic mass is 19.1. The van der Waals surface area contributed by atoms with Gasteiger partial charge in [-0.05, 0) is 37.5 Å². The van der Waals surface area contributed by atoms with E-state index in [-0.39, 0.29) is 17.8 Å². The monoisotopic (exact) mass is 252 g/mol. The number of amides is 1. The van der Waals surface area contributed by atoms with Crippen molar-refractivity contribution in [2.24, 2.45) is 0 Å². The van der Waals surface area contributed by atoms with Gasteiger partial charge in [0.2, 0.25) is 5.91 Å². The molecule has 1 aliphatic heterocycles. The van der Waals surface area contributed by atoms with Gasteiger partial charge in [-0.2, -0.15) is 0 Å². The van der Waals surface area contributed by atoms with Crippen LogP contribution in [-0.2, 0) is 9.53 Å². The number of anilines is 2. The van der Waals surface area contributed by atoms with Crippen LogP contribution < -0.4 is 10.6 Å². The standard InChI is InChI=1S/C13H17FN2O2/c1-8-6-11-12(7-9(8)14)16-13(17)10(15-11)4-3-5-18-2/h6-7,10,15H,3-5H2,1-2H3,(H,16,17). The molecule has 18 heavy (non-hydrogen) atoms. The maximum Gasteiger partial charge on any atom is 0.246 e. The van der Waals surface area contributed by atoms with E-state index in [4.69, 9.17) is 4.74 Å². The van der Waals surface area contributed by atoms with Gasteiger partial charge in [0.15, 0.2) is 0 Å². The predicted molar refractivity (Wildman–Crippen MR) is 68.3 cm³/mol. The second-order valence-electron chi connectivity index (χ2n) is 4.47. The molecule has 1 aromatic rings. The van der Waals surface area contributed by atoms with Gasteiger partial charge in [-0.25, -0.2) is 4.39 Å². The van der Waals surface area contributed by atoms with Crippen molar-refractivity contribution in [3.05, 3.63) is 23.5 Å². The molecule has 0 bridgehead atoms. The Hall–Kier alpha value is -1.62. The van der Waals surface area contributed by atoms with Crippen molar-refractivity contribution in [2.75, 3.05) is 24.4 Å². The normalized spacial score (nSPS) is 17.9. The van der Waals surface area contributed by atoms with Crippen molar-refractivity contribution in [1.82, 2.24) is 0 Å². The van der Waals surface area contributed by atoms with E-state index in [1.165, 1.54) is 6.07 Å².